The summed E-state index contributed by atoms with van der Waals surface area (Å²) < 4.78 is 5.06. The highest BCUT2D eigenvalue weighted by molar-refractivity contribution is 6.23. The fourth-order valence-electron chi connectivity index (χ4n) is 4.29. The fraction of sp³-hybridized carbons (Fsp3) is 0.250. The summed E-state index contributed by atoms with van der Waals surface area (Å²) in [6.45, 7) is 0. The highest BCUT2D eigenvalue weighted by atomic mass is 16.5. The molecule has 1 amide bonds. The molecule has 0 radical (unpaired) electrons. The Morgan fingerprint density at radius 2 is 1.83 bits per heavy atom. The highest BCUT2D eigenvalue weighted by Crippen LogP contribution is 2.50. The minimum absolute atomic E-state index is 0.0351. The summed E-state index contributed by atoms with van der Waals surface area (Å²) in [6, 6.07) is 4.01. The molecule has 0 spiro atoms. The van der Waals surface area contributed by atoms with Gasteiger partial charge in [-0.1, -0.05) is 5.76 Å². The zero-order valence-electron chi connectivity index (χ0n) is 15.6. The number of ether oxygens (including phenoxy) is 1. The molecule has 4 rings (SSSR count). The van der Waals surface area contributed by atoms with E-state index >= 15 is 0 Å². The number of primary amides is 1. The van der Waals surface area contributed by atoms with Crippen molar-refractivity contribution in [3.05, 3.63) is 40.7 Å². The second-order valence-electron chi connectivity index (χ2n) is 7.42. The summed E-state index contributed by atoms with van der Waals surface area (Å²) in [4.78, 5) is 37.0. The van der Waals surface area contributed by atoms with Crippen molar-refractivity contribution < 1.29 is 44.7 Å². The summed E-state index contributed by atoms with van der Waals surface area (Å²) in [7, 11) is 1.36. The first kappa shape index (κ1) is 19.7. The second kappa shape index (κ2) is 5.94. The lowest BCUT2D eigenvalue weighted by atomic mass is 9.61. The van der Waals surface area contributed by atoms with Crippen molar-refractivity contribution in [1.29, 1.82) is 0 Å². The normalized spacial score (nSPS) is 25.8. The van der Waals surface area contributed by atoms with Gasteiger partial charge in [-0.05, 0) is 23.1 Å². The van der Waals surface area contributed by atoms with Gasteiger partial charge in [0.1, 0.15) is 22.8 Å². The lowest BCUT2D eigenvalue weighted by molar-refractivity contribution is -0.344. The summed E-state index contributed by atoms with van der Waals surface area (Å²) in [5.41, 5.74) is -2.29. The number of hydrogen-bond acceptors (Lipinski definition) is 9. The predicted octanol–water partition coefficient (Wildman–Crippen LogP) is -1.47. The number of phenolic OH excluding ortho intramolecular Hbond substituents is 2. The standard InChI is InChI=1S/C20H17NO9/c1-30-9-3-7-2-8-5-19(28)6-11(23)14(18(21)27)17(26)20(19,29)16(25)13(8)15(24)12(7)10(22)4-9/h2-4,22,24,26,28-29H,5-6H2,1H3,(H2,21,27)/p-1/t19-,20+/m1/s1. The average molecular weight is 414 g/mol. The average Bonchev–Trinajstić information content (AvgIpc) is 2.63. The quantitative estimate of drug-likeness (QED) is 0.365. The maximum atomic E-state index is 13.2. The number of benzene rings is 2. The Morgan fingerprint density at radius 3 is 2.43 bits per heavy atom. The van der Waals surface area contributed by atoms with Crippen molar-refractivity contribution in [1.82, 2.24) is 0 Å². The van der Waals surface area contributed by atoms with Crippen LogP contribution in [0.15, 0.2) is 29.5 Å². The van der Waals surface area contributed by atoms with E-state index in [1.165, 1.54) is 25.3 Å². The third-order valence-electron chi connectivity index (χ3n) is 5.73. The molecule has 10 heteroatoms. The van der Waals surface area contributed by atoms with Crippen LogP contribution in [0.25, 0.3) is 10.8 Å². The van der Waals surface area contributed by atoms with Gasteiger partial charge in [-0.2, -0.15) is 0 Å². The maximum absolute atomic E-state index is 13.2. The zero-order chi connectivity index (χ0) is 22.2. The van der Waals surface area contributed by atoms with Crippen molar-refractivity contribution in [2.45, 2.75) is 24.0 Å². The van der Waals surface area contributed by atoms with Gasteiger partial charge in [0, 0.05) is 18.9 Å². The number of rotatable bonds is 2. The van der Waals surface area contributed by atoms with Crippen molar-refractivity contribution >= 4 is 28.2 Å². The number of amides is 1. The largest absolute Gasteiger partial charge is 0.873 e. The van der Waals surface area contributed by atoms with Gasteiger partial charge in [-0.3, -0.25) is 14.4 Å². The molecule has 0 bridgehead atoms. The molecule has 0 unspecified atom stereocenters. The van der Waals surface area contributed by atoms with Crippen LogP contribution in [0.4, 0.5) is 0 Å². The van der Waals surface area contributed by atoms with Gasteiger partial charge in [0.05, 0.1) is 23.6 Å². The van der Waals surface area contributed by atoms with E-state index in [1.807, 2.05) is 0 Å². The number of aromatic hydroxyl groups is 2. The van der Waals surface area contributed by atoms with E-state index < -0.39 is 69.9 Å². The Balaban J connectivity index is 2.06. The van der Waals surface area contributed by atoms with E-state index in [0.29, 0.717) is 0 Å². The van der Waals surface area contributed by atoms with Crippen LogP contribution < -0.4 is 15.6 Å². The third-order valence-corrected chi connectivity index (χ3v) is 5.73. The Kier molecular flexibility index (Phi) is 3.90. The Bertz CT molecular complexity index is 1210. The van der Waals surface area contributed by atoms with Crippen molar-refractivity contribution in [2.75, 3.05) is 7.11 Å². The van der Waals surface area contributed by atoms with Crippen LogP contribution in [0.3, 0.4) is 0 Å². The van der Waals surface area contributed by atoms with Gasteiger partial charge in [0.2, 0.25) is 5.78 Å². The number of fused-ring (bicyclic) bond motifs is 3. The molecule has 0 heterocycles. The number of Topliss-reactive ketones (excluding diaryl/α,β-unsaturated/α-hetero) is 2. The number of ketones is 2. The van der Waals surface area contributed by atoms with Gasteiger partial charge >= 0.3 is 0 Å². The fourth-order valence-corrected chi connectivity index (χ4v) is 4.29. The number of carbonyl (C=O) groups is 3. The van der Waals surface area contributed by atoms with Gasteiger partial charge in [-0.25, -0.2) is 0 Å². The molecule has 156 valence electrons. The summed E-state index contributed by atoms with van der Waals surface area (Å²) in [5, 5.41) is 55.8. The first-order valence-electron chi connectivity index (χ1n) is 8.76. The van der Waals surface area contributed by atoms with Crippen molar-refractivity contribution in [3.63, 3.8) is 0 Å². The van der Waals surface area contributed by atoms with Gasteiger partial charge in [0.25, 0.3) is 5.91 Å². The lowest BCUT2D eigenvalue weighted by Gasteiger charge is -2.52. The monoisotopic (exact) mass is 414 g/mol. The lowest BCUT2D eigenvalue weighted by Crippen LogP contribution is -2.69. The first-order chi connectivity index (χ1) is 14.0. The number of phenols is 2. The number of methoxy groups -OCH3 is 1. The van der Waals surface area contributed by atoms with Gasteiger partial charge < -0.3 is 36.0 Å². The van der Waals surface area contributed by atoms with E-state index in [9.17, 15) is 39.9 Å². The molecule has 0 saturated carbocycles. The zero-order valence-corrected chi connectivity index (χ0v) is 15.6. The number of nitrogens with two attached hydrogens (primary N) is 1. The predicted molar refractivity (Wildman–Crippen MR) is 97.6 cm³/mol. The van der Waals surface area contributed by atoms with Crippen LogP contribution in [0.1, 0.15) is 22.3 Å². The highest BCUT2D eigenvalue weighted by Gasteiger charge is 2.62. The number of hydrogen-bond donors (Lipinski definition) is 5. The molecule has 0 saturated heterocycles. The molecule has 2 atom stereocenters. The Labute approximate surface area is 168 Å². The second-order valence-corrected chi connectivity index (χ2v) is 7.42. The van der Waals surface area contributed by atoms with Gasteiger partial charge in [0.15, 0.2) is 11.4 Å². The van der Waals surface area contributed by atoms with Crippen LogP contribution >= 0.6 is 0 Å². The molecule has 30 heavy (non-hydrogen) atoms. The molecule has 10 nitrogen and oxygen atoms in total. The summed E-state index contributed by atoms with van der Waals surface area (Å²) >= 11 is 0. The van der Waals surface area contributed by atoms with Crippen molar-refractivity contribution in [2.24, 2.45) is 5.73 Å². The molecule has 6 N–H and O–H groups in total. The molecule has 2 aliphatic rings. The first-order valence-corrected chi connectivity index (χ1v) is 8.76. The molecule has 0 fully saturated rings. The molecule has 2 aliphatic carbocycles. The molecule has 0 aromatic heterocycles. The topological polar surface area (TPSA) is 190 Å². The van der Waals surface area contributed by atoms with E-state index in [-0.39, 0.29) is 22.1 Å². The van der Waals surface area contributed by atoms with E-state index in [1.54, 1.807) is 0 Å². The molecular weight excluding hydrogens is 398 g/mol. The van der Waals surface area contributed by atoms with Gasteiger partial charge in [-0.15, -0.1) is 0 Å². The molecular formula is C20H16NO9-. The smallest absolute Gasteiger partial charge is 0.251 e. The molecule has 2 aromatic carbocycles. The van der Waals surface area contributed by atoms with E-state index in [2.05, 4.69) is 0 Å². The molecule has 2 aromatic rings. The maximum Gasteiger partial charge on any atom is 0.251 e. The minimum Gasteiger partial charge on any atom is -0.873 e. The van der Waals surface area contributed by atoms with E-state index in [4.69, 9.17) is 10.5 Å². The van der Waals surface area contributed by atoms with Crippen LogP contribution in [-0.4, -0.2) is 56.2 Å². The van der Waals surface area contributed by atoms with Crippen LogP contribution in [0.5, 0.6) is 17.2 Å². The van der Waals surface area contributed by atoms with Crippen LogP contribution in [0.2, 0.25) is 0 Å². The number of carbonyl (C=O) groups excluding carboxylic acids is 3. The van der Waals surface area contributed by atoms with E-state index in [0.717, 1.165) is 0 Å². The third kappa shape index (κ3) is 2.22. The van der Waals surface area contributed by atoms with Crippen LogP contribution in [-0.2, 0) is 16.0 Å². The Hall–Kier alpha value is -3.63. The van der Waals surface area contributed by atoms with Crippen LogP contribution in [0, 0.1) is 0 Å². The molecule has 0 aliphatic heterocycles. The minimum atomic E-state index is -3.20. The summed E-state index contributed by atoms with van der Waals surface area (Å²) in [6.07, 6.45) is -1.46. The Morgan fingerprint density at radius 1 is 1.17 bits per heavy atom. The van der Waals surface area contributed by atoms with Crippen molar-refractivity contribution in [3.8, 4) is 17.2 Å². The summed E-state index contributed by atoms with van der Waals surface area (Å²) in [5.74, 6) is -6.47. The SMILES string of the molecule is COc1cc(O)c2c(O)c3c(cc2c1)C[C@@]1(O)CC(=O)C(C(N)=O)=C([O-])[C@@]1(O)C3=O. The number of aliphatic hydroxyl groups is 2.